The van der Waals surface area contributed by atoms with E-state index in [1.54, 1.807) is 5.57 Å². The summed E-state index contributed by atoms with van der Waals surface area (Å²) in [5.74, 6) is 0. The Morgan fingerprint density at radius 3 is 2.73 bits per heavy atom. The third-order valence-electron chi connectivity index (χ3n) is 1.95. The summed E-state index contributed by atoms with van der Waals surface area (Å²) >= 11 is 0. The first-order valence-corrected chi connectivity index (χ1v) is 4.28. The first-order chi connectivity index (χ1) is 4.93. The van der Waals surface area contributed by atoms with Gasteiger partial charge in [-0.15, -0.1) is 0 Å². The van der Waals surface area contributed by atoms with Crippen LogP contribution >= 0.6 is 0 Å². The van der Waals surface area contributed by atoms with Crippen LogP contribution < -0.4 is 0 Å². The molecule has 11 heavy (non-hydrogen) atoms. The van der Waals surface area contributed by atoms with Gasteiger partial charge in [-0.3, -0.25) is 0 Å². The number of rotatable bonds is 4. The van der Waals surface area contributed by atoms with E-state index in [0.29, 0.717) is 0 Å². The lowest BCUT2D eigenvalue weighted by Gasteiger charge is -1.98. The fraction of sp³-hybridized carbons (Fsp3) is 0.636. The zero-order chi connectivity index (χ0) is 7.23. The molecule has 0 saturated carbocycles. The fourth-order valence-corrected chi connectivity index (χ4v) is 1.28. The van der Waals surface area contributed by atoms with Crippen LogP contribution in [0.25, 0.3) is 0 Å². The quantitative estimate of drug-likeness (QED) is 0.532. The van der Waals surface area contributed by atoms with Crippen molar-refractivity contribution >= 4 is 0 Å². The van der Waals surface area contributed by atoms with E-state index >= 15 is 0 Å². The van der Waals surface area contributed by atoms with E-state index in [1.165, 1.54) is 32.1 Å². The van der Waals surface area contributed by atoms with E-state index in [1.807, 2.05) is 0 Å². The lowest BCUT2D eigenvalue weighted by Crippen LogP contribution is -1.79. The van der Waals surface area contributed by atoms with Crippen molar-refractivity contribution < 1.29 is 0 Å². The highest BCUT2D eigenvalue weighted by atomic mass is 14.0. The second-order valence-electron chi connectivity index (χ2n) is 2.91. The molecule has 0 heterocycles. The average Bonchev–Trinajstić information content (AvgIpc) is 2.41. The third kappa shape index (κ3) is 4.02. The van der Waals surface area contributed by atoms with E-state index in [-0.39, 0.29) is 7.43 Å². The molecule has 0 amide bonds. The van der Waals surface area contributed by atoms with Gasteiger partial charge in [0.1, 0.15) is 0 Å². The number of unbranched alkanes of at least 4 members (excludes halogenated alkanes) is 2. The van der Waals surface area contributed by atoms with E-state index in [4.69, 9.17) is 0 Å². The second-order valence-corrected chi connectivity index (χ2v) is 2.91. The molecule has 1 aliphatic carbocycles. The first-order valence-electron chi connectivity index (χ1n) is 4.28. The maximum atomic E-state index is 2.26. The van der Waals surface area contributed by atoms with Gasteiger partial charge in [0, 0.05) is 0 Å². The molecule has 0 saturated heterocycles. The van der Waals surface area contributed by atoms with Crippen LogP contribution in [0, 0.1) is 0 Å². The highest BCUT2D eigenvalue weighted by Gasteiger charge is 1.97. The molecule has 0 radical (unpaired) electrons. The predicted molar refractivity (Wildman–Crippen MR) is 52.7 cm³/mol. The minimum Gasteiger partial charge on any atom is -0.0805 e. The van der Waals surface area contributed by atoms with Crippen molar-refractivity contribution in [3.05, 3.63) is 23.8 Å². The molecule has 0 aliphatic heterocycles. The average molecular weight is 152 g/mol. The lowest BCUT2D eigenvalue weighted by molar-refractivity contribution is 0.709. The molecule has 0 unspecified atom stereocenters. The summed E-state index contributed by atoms with van der Waals surface area (Å²) in [6.07, 6.45) is 13.3. The van der Waals surface area contributed by atoms with Gasteiger partial charge in [-0.25, -0.2) is 0 Å². The van der Waals surface area contributed by atoms with Gasteiger partial charge in [-0.2, -0.15) is 0 Å². The second kappa shape index (κ2) is 6.21. The summed E-state index contributed by atoms with van der Waals surface area (Å²) in [6, 6.07) is 0. The van der Waals surface area contributed by atoms with Crippen molar-refractivity contribution in [2.75, 3.05) is 0 Å². The predicted octanol–water partition coefficient (Wildman–Crippen LogP) is 4.09. The van der Waals surface area contributed by atoms with Gasteiger partial charge in [-0.1, -0.05) is 51.0 Å². The molecule has 1 aliphatic rings. The topological polar surface area (TPSA) is 0 Å². The van der Waals surface area contributed by atoms with Crippen molar-refractivity contribution in [2.45, 2.75) is 46.5 Å². The maximum absolute atomic E-state index is 2.26. The zero-order valence-electron chi connectivity index (χ0n) is 6.77. The minimum absolute atomic E-state index is 0. The van der Waals surface area contributed by atoms with Crippen LogP contribution in [0.15, 0.2) is 23.8 Å². The Bertz CT molecular complexity index is 140. The molecule has 0 fully saturated rings. The molecule has 0 atom stereocenters. The smallest absolute Gasteiger partial charge is 0.0133 e. The number of allylic oxidation sites excluding steroid dienone is 4. The standard InChI is InChI=1S/C10H16.CH4/c1-2-3-4-7-10-8-5-6-9-10;/h5-6,8H,2-4,7,9H2,1H3;1H4. The van der Waals surface area contributed by atoms with Gasteiger partial charge in [0.2, 0.25) is 0 Å². The Balaban J connectivity index is 0.000001000. The SMILES string of the molecule is C.CCCCCC1=CC=CC1. The maximum Gasteiger partial charge on any atom is -0.0133 e. The molecule has 0 aromatic carbocycles. The Morgan fingerprint density at radius 2 is 2.18 bits per heavy atom. The van der Waals surface area contributed by atoms with Gasteiger partial charge < -0.3 is 0 Å². The molecule has 0 aromatic heterocycles. The van der Waals surface area contributed by atoms with Gasteiger partial charge in [0.15, 0.2) is 0 Å². The molecule has 1 rings (SSSR count). The van der Waals surface area contributed by atoms with E-state index in [2.05, 4.69) is 25.2 Å². The van der Waals surface area contributed by atoms with Crippen molar-refractivity contribution in [1.29, 1.82) is 0 Å². The summed E-state index contributed by atoms with van der Waals surface area (Å²) in [5.41, 5.74) is 1.62. The number of hydrogen-bond donors (Lipinski definition) is 0. The Morgan fingerprint density at radius 1 is 1.36 bits per heavy atom. The Kier molecular flexibility index (Phi) is 5.91. The minimum atomic E-state index is 0. The molecule has 64 valence electrons. The van der Waals surface area contributed by atoms with Gasteiger partial charge in [-0.05, 0) is 19.3 Å². The highest BCUT2D eigenvalue weighted by Crippen LogP contribution is 2.17. The lowest BCUT2D eigenvalue weighted by atomic mass is 10.1. The molecular weight excluding hydrogens is 132 g/mol. The van der Waals surface area contributed by atoms with Crippen LogP contribution in [0.2, 0.25) is 0 Å². The van der Waals surface area contributed by atoms with E-state index in [9.17, 15) is 0 Å². The van der Waals surface area contributed by atoms with Crippen molar-refractivity contribution in [3.8, 4) is 0 Å². The molecular formula is C11H20. The molecule has 0 bridgehead atoms. The number of hydrogen-bond acceptors (Lipinski definition) is 0. The fourth-order valence-electron chi connectivity index (χ4n) is 1.28. The van der Waals surface area contributed by atoms with E-state index < -0.39 is 0 Å². The highest BCUT2D eigenvalue weighted by molar-refractivity contribution is 5.22. The largest absolute Gasteiger partial charge is 0.0805 e. The van der Waals surface area contributed by atoms with Gasteiger partial charge >= 0.3 is 0 Å². The monoisotopic (exact) mass is 152 g/mol. The van der Waals surface area contributed by atoms with Crippen LogP contribution in [0.4, 0.5) is 0 Å². The van der Waals surface area contributed by atoms with Crippen LogP contribution in [0.3, 0.4) is 0 Å². The molecule has 0 aromatic rings. The summed E-state index contributed by atoms with van der Waals surface area (Å²) in [5, 5.41) is 0. The molecule has 0 N–H and O–H groups in total. The molecule has 0 nitrogen and oxygen atoms in total. The first kappa shape index (κ1) is 10.5. The third-order valence-corrected chi connectivity index (χ3v) is 1.95. The summed E-state index contributed by atoms with van der Waals surface area (Å²) in [6.45, 7) is 2.25. The zero-order valence-corrected chi connectivity index (χ0v) is 6.77. The van der Waals surface area contributed by atoms with Crippen LogP contribution in [-0.4, -0.2) is 0 Å². The van der Waals surface area contributed by atoms with Crippen molar-refractivity contribution in [2.24, 2.45) is 0 Å². The van der Waals surface area contributed by atoms with Crippen molar-refractivity contribution in [3.63, 3.8) is 0 Å². The Labute approximate surface area is 71.0 Å². The van der Waals surface area contributed by atoms with Crippen LogP contribution in [0.1, 0.15) is 46.5 Å². The normalized spacial score (nSPS) is 14.5. The van der Waals surface area contributed by atoms with E-state index in [0.717, 1.165) is 0 Å². The van der Waals surface area contributed by atoms with Gasteiger partial charge in [0.25, 0.3) is 0 Å². The summed E-state index contributed by atoms with van der Waals surface area (Å²) in [7, 11) is 0. The summed E-state index contributed by atoms with van der Waals surface area (Å²) in [4.78, 5) is 0. The Hall–Kier alpha value is -0.520. The summed E-state index contributed by atoms with van der Waals surface area (Å²) < 4.78 is 0. The van der Waals surface area contributed by atoms with Gasteiger partial charge in [0.05, 0.1) is 0 Å². The van der Waals surface area contributed by atoms with Crippen LogP contribution in [-0.2, 0) is 0 Å². The molecule has 0 spiro atoms. The van der Waals surface area contributed by atoms with Crippen molar-refractivity contribution in [1.82, 2.24) is 0 Å². The molecule has 0 heteroatoms. The van der Waals surface area contributed by atoms with Crippen LogP contribution in [0.5, 0.6) is 0 Å².